The van der Waals surface area contributed by atoms with E-state index in [-0.39, 0.29) is 5.97 Å². The number of esters is 1. The van der Waals surface area contributed by atoms with Gasteiger partial charge in [0.25, 0.3) is 0 Å². The lowest BCUT2D eigenvalue weighted by molar-refractivity contribution is -0.143. The zero-order valence-corrected chi connectivity index (χ0v) is 13.2. The minimum Gasteiger partial charge on any atom is -0.493 e. The number of unbranched alkanes of at least 4 members (excludes halogenated alkanes) is 2. The van der Waals surface area contributed by atoms with Gasteiger partial charge in [-0.2, -0.15) is 0 Å². The second-order valence-electron chi connectivity index (χ2n) is 5.18. The molecule has 1 unspecified atom stereocenters. The monoisotopic (exact) mass is 294 g/mol. The Balaban J connectivity index is 2.29. The fourth-order valence-corrected chi connectivity index (χ4v) is 2.08. The number of rotatable bonds is 9. The predicted octanol–water partition coefficient (Wildman–Crippen LogP) is 3.55. The van der Waals surface area contributed by atoms with Gasteiger partial charge in [-0.15, -0.1) is 0 Å². The molecule has 118 valence electrons. The lowest BCUT2D eigenvalue weighted by Crippen LogP contribution is -2.05. The van der Waals surface area contributed by atoms with Crippen LogP contribution in [-0.2, 0) is 9.53 Å². The third-order valence-electron chi connectivity index (χ3n) is 3.21. The molecule has 0 amide bonds. The van der Waals surface area contributed by atoms with E-state index in [1.165, 1.54) is 0 Å². The lowest BCUT2D eigenvalue weighted by Gasteiger charge is -2.14. The molecule has 0 aliphatic carbocycles. The molecule has 4 nitrogen and oxygen atoms in total. The van der Waals surface area contributed by atoms with Crippen molar-refractivity contribution in [1.82, 2.24) is 0 Å². The topological polar surface area (TPSA) is 55.8 Å². The molecule has 1 rings (SSSR count). The molecule has 1 atom stereocenters. The Morgan fingerprint density at radius 1 is 1.29 bits per heavy atom. The van der Waals surface area contributed by atoms with Crippen LogP contribution in [-0.4, -0.2) is 24.3 Å². The zero-order valence-electron chi connectivity index (χ0n) is 13.2. The molecule has 0 aromatic heterocycles. The second-order valence-corrected chi connectivity index (χ2v) is 5.18. The average Bonchev–Trinajstić information content (AvgIpc) is 2.42. The molecule has 0 fully saturated rings. The number of carbonyl (C=O) groups is 1. The van der Waals surface area contributed by atoms with Crippen LogP contribution in [0.5, 0.6) is 5.75 Å². The van der Waals surface area contributed by atoms with E-state index in [0.717, 1.165) is 36.1 Å². The fraction of sp³-hybridized carbons (Fsp3) is 0.588. The maximum absolute atomic E-state index is 11.2. The van der Waals surface area contributed by atoms with Crippen LogP contribution in [0.1, 0.15) is 56.8 Å². The van der Waals surface area contributed by atoms with Crippen LogP contribution in [0, 0.1) is 6.92 Å². The van der Waals surface area contributed by atoms with Gasteiger partial charge >= 0.3 is 5.97 Å². The lowest BCUT2D eigenvalue weighted by atomic mass is 10.1. The Morgan fingerprint density at radius 2 is 2.05 bits per heavy atom. The van der Waals surface area contributed by atoms with Crippen LogP contribution >= 0.6 is 0 Å². The first-order chi connectivity index (χ1) is 10.0. The highest BCUT2D eigenvalue weighted by molar-refractivity contribution is 5.69. The second kappa shape index (κ2) is 9.40. The van der Waals surface area contributed by atoms with Crippen LogP contribution in [0.4, 0.5) is 0 Å². The van der Waals surface area contributed by atoms with Crippen LogP contribution < -0.4 is 4.74 Å². The van der Waals surface area contributed by atoms with Crippen molar-refractivity contribution in [1.29, 1.82) is 0 Å². The molecule has 0 radical (unpaired) electrons. The first kappa shape index (κ1) is 17.5. The standard InChI is InChI=1S/C17H26O4/c1-4-20-17(19)8-6-5-7-11-21-16-12-13(2)9-10-15(16)14(3)18/h9-10,12,14,18H,4-8,11H2,1-3H3. The SMILES string of the molecule is CCOC(=O)CCCCCOc1cc(C)ccc1C(C)O. The van der Waals surface area contributed by atoms with E-state index in [1.807, 2.05) is 32.0 Å². The molecule has 0 saturated carbocycles. The molecule has 0 aliphatic rings. The van der Waals surface area contributed by atoms with Gasteiger partial charge in [0.15, 0.2) is 0 Å². The van der Waals surface area contributed by atoms with E-state index in [0.29, 0.717) is 19.6 Å². The summed E-state index contributed by atoms with van der Waals surface area (Å²) in [5.74, 6) is 0.615. The van der Waals surface area contributed by atoms with Gasteiger partial charge in [-0.3, -0.25) is 4.79 Å². The number of ether oxygens (including phenoxy) is 2. The number of aliphatic hydroxyl groups is 1. The molecule has 4 heteroatoms. The first-order valence-corrected chi connectivity index (χ1v) is 7.61. The van der Waals surface area contributed by atoms with Crippen LogP contribution in [0.2, 0.25) is 0 Å². The third-order valence-corrected chi connectivity index (χ3v) is 3.21. The summed E-state index contributed by atoms with van der Waals surface area (Å²) in [6, 6.07) is 5.81. The molecular formula is C17H26O4. The van der Waals surface area contributed by atoms with Crippen LogP contribution in [0.25, 0.3) is 0 Å². The number of carbonyl (C=O) groups excluding carboxylic acids is 1. The predicted molar refractivity (Wildman–Crippen MR) is 82.4 cm³/mol. The number of hydrogen-bond donors (Lipinski definition) is 1. The van der Waals surface area contributed by atoms with E-state index < -0.39 is 6.10 Å². The summed E-state index contributed by atoms with van der Waals surface area (Å²) in [6.07, 6.45) is 2.56. The molecule has 0 aliphatic heterocycles. The zero-order chi connectivity index (χ0) is 15.7. The van der Waals surface area contributed by atoms with Gasteiger partial charge in [-0.25, -0.2) is 0 Å². The Morgan fingerprint density at radius 3 is 2.71 bits per heavy atom. The average molecular weight is 294 g/mol. The van der Waals surface area contributed by atoms with E-state index in [2.05, 4.69) is 0 Å². The molecule has 1 N–H and O–H groups in total. The highest BCUT2D eigenvalue weighted by Crippen LogP contribution is 2.26. The van der Waals surface area contributed by atoms with Crippen molar-refractivity contribution in [3.8, 4) is 5.75 Å². The Labute approximate surface area is 127 Å². The Hall–Kier alpha value is -1.55. The maximum atomic E-state index is 11.2. The summed E-state index contributed by atoms with van der Waals surface area (Å²) in [5.41, 5.74) is 1.92. The van der Waals surface area contributed by atoms with Crippen LogP contribution in [0.15, 0.2) is 18.2 Å². The molecule has 0 heterocycles. The number of aryl methyl sites for hydroxylation is 1. The van der Waals surface area contributed by atoms with Gasteiger partial charge < -0.3 is 14.6 Å². The van der Waals surface area contributed by atoms with Gasteiger partial charge in [-0.1, -0.05) is 12.1 Å². The largest absolute Gasteiger partial charge is 0.493 e. The molecular weight excluding hydrogens is 268 g/mol. The Kier molecular flexibility index (Phi) is 7.83. The first-order valence-electron chi connectivity index (χ1n) is 7.61. The van der Waals surface area contributed by atoms with Crippen molar-refractivity contribution in [3.63, 3.8) is 0 Å². The number of benzene rings is 1. The number of aliphatic hydroxyl groups excluding tert-OH is 1. The fourth-order valence-electron chi connectivity index (χ4n) is 2.08. The van der Waals surface area contributed by atoms with Crippen molar-refractivity contribution >= 4 is 5.97 Å². The normalized spacial score (nSPS) is 12.0. The van der Waals surface area contributed by atoms with E-state index in [1.54, 1.807) is 6.92 Å². The van der Waals surface area contributed by atoms with Gasteiger partial charge in [0.2, 0.25) is 0 Å². The van der Waals surface area contributed by atoms with Gasteiger partial charge in [0.1, 0.15) is 5.75 Å². The van der Waals surface area contributed by atoms with E-state index in [9.17, 15) is 9.90 Å². The van der Waals surface area contributed by atoms with Crippen LogP contribution in [0.3, 0.4) is 0 Å². The molecule has 21 heavy (non-hydrogen) atoms. The minimum absolute atomic E-state index is 0.131. The summed E-state index contributed by atoms with van der Waals surface area (Å²) < 4.78 is 10.6. The third kappa shape index (κ3) is 6.63. The number of hydrogen-bond acceptors (Lipinski definition) is 4. The summed E-state index contributed by atoms with van der Waals surface area (Å²) in [7, 11) is 0. The van der Waals surface area contributed by atoms with Gasteiger partial charge in [0.05, 0.1) is 19.3 Å². The van der Waals surface area contributed by atoms with Crippen molar-refractivity contribution < 1.29 is 19.4 Å². The smallest absolute Gasteiger partial charge is 0.305 e. The summed E-state index contributed by atoms with van der Waals surface area (Å²) in [5, 5.41) is 9.72. The molecule has 1 aromatic carbocycles. The highest BCUT2D eigenvalue weighted by atomic mass is 16.5. The van der Waals surface area contributed by atoms with Crippen molar-refractivity contribution in [2.45, 2.75) is 52.6 Å². The maximum Gasteiger partial charge on any atom is 0.305 e. The van der Waals surface area contributed by atoms with Gasteiger partial charge in [0, 0.05) is 12.0 Å². The quantitative estimate of drug-likeness (QED) is 0.559. The molecule has 0 spiro atoms. The minimum atomic E-state index is -0.538. The Bertz CT molecular complexity index is 440. The molecule has 0 bridgehead atoms. The van der Waals surface area contributed by atoms with Crippen molar-refractivity contribution in [2.75, 3.05) is 13.2 Å². The summed E-state index contributed by atoms with van der Waals surface area (Å²) >= 11 is 0. The summed E-state index contributed by atoms with van der Waals surface area (Å²) in [6.45, 7) is 6.58. The highest BCUT2D eigenvalue weighted by Gasteiger charge is 2.09. The molecule has 0 saturated heterocycles. The summed E-state index contributed by atoms with van der Waals surface area (Å²) in [4.78, 5) is 11.2. The van der Waals surface area contributed by atoms with E-state index >= 15 is 0 Å². The van der Waals surface area contributed by atoms with Crippen molar-refractivity contribution in [3.05, 3.63) is 29.3 Å². The van der Waals surface area contributed by atoms with Crippen molar-refractivity contribution in [2.24, 2.45) is 0 Å². The molecule has 1 aromatic rings. The van der Waals surface area contributed by atoms with E-state index in [4.69, 9.17) is 9.47 Å². The van der Waals surface area contributed by atoms with Gasteiger partial charge in [-0.05, 0) is 51.7 Å².